The Labute approximate surface area is 106 Å². The Balaban J connectivity index is 1.83. The summed E-state index contributed by atoms with van der Waals surface area (Å²) in [6.45, 7) is 2.01. The van der Waals surface area contributed by atoms with E-state index in [1.165, 1.54) is 0 Å². The van der Waals surface area contributed by atoms with Crippen LogP contribution in [0.1, 0.15) is 17.8 Å². The highest BCUT2D eigenvalue weighted by Gasteiger charge is 2.28. The third kappa shape index (κ3) is 2.25. The van der Waals surface area contributed by atoms with E-state index in [1.807, 2.05) is 25.3 Å². The first-order valence-corrected chi connectivity index (χ1v) is 7.86. The first kappa shape index (κ1) is 11.6. The largest absolute Gasteiger partial charge is 0.229 e. The summed E-state index contributed by atoms with van der Waals surface area (Å²) in [6, 6.07) is 3.95. The van der Waals surface area contributed by atoms with Gasteiger partial charge in [0.15, 0.2) is 21.3 Å². The van der Waals surface area contributed by atoms with E-state index in [9.17, 15) is 8.42 Å². The summed E-state index contributed by atoms with van der Waals surface area (Å²) in [5.74, 6) is 1.50. The Hall–Kier alpha value is -1.43. The SMILES string of the molecule is Cc1ccn2nc(CC3CCS(=O)(=O)C3)nc2c1. The van der Waals surface area contributed by atoms with E-state index >= 15 is 0 Å². The van der Waals surface area contributed by atoms with Gasteiger partial charge >= 0.3 is 0 Å². The van der Waals surface area contributed by atoms with Crippen LogP contribution in [0.3, 0.4) is 0 Å². The van der Waals surface area contributed by atoms with Crippen LogP contribution in [0.2, 0.25) is 0 Å². The molecule has 0 spiro atoms. The van der Waals surface area contributed by atoms with E-state index < -0.39 is 9.84 Å². The molecule has 96 valence electrons. The molecule has 0 amide bonds. The summed E-state index contributed by atoms with van der Waals surface area (Å²) in [7, 11) is -2.81. The zero-order valence-electron chi connectivity index (χ0n) is 10.2. The van der Waals surface area contributed by atoms with Gasteiger partial charge in [-0.3, -0.25) is 0 Å². The second kappa shape index (κ2) is 4.05. The van der Waals surface area contributed by atoms with Gasteiger partial charge in [0.05, 0.1) is 11.5 Å². The summed E-state index contributed by atoms with van der Waals surface area (Å²) in [5.41, 5.74) is 1.97. The fourth-order valence-corrected chi connectivity index (χ4v) is 4.27. The molecule has 1 aliphatic rings. The summed E-state index contributed by atoms with van der Waals surface area (Å²) in [5, 5.41) is 4.38. The summed E-state index contributed by atoms with van der Waals surface area (Å²) in [6.07, 6.45) is 3.27. The molecule has 0 bridgehead atoms. The molecule has 1 saturated heterocycles. The highest BCUT2D eigenvalue weighted by atomic mass is 32.2. The average Bonchev–Trinajstić information content (AvgIpc) is 2.81. The zero-order chi connectivity index (χ0) is 12.8. The highest BCUT2D eigenvalue weighted by Crippen LogP contribution is 2.21. The highest BCUT2D eigenvalue weighted by molar-refractivity contribution is 7.91. The van der Waals surface area contributed by atoms with Crippen LogP contribution < -0.4 is 0 Å². The van der Waals surface area contributed by atoms with Crippen molar-refractivity contribution in [3.8, 4) is 0 Å². The van der Waals surface area contributed by atoms with E-state index in [1.54, 1.807) is 4.52 Å². The second-order valence-corrected chi connectivity index (χ2v) is 7.24. The maximum Gasteiger partial charge on any atom is 0.155 e. The van der Waals surface area contributed by atoms with Crippen molar-refractivity contribution in [3.05, 3.63) is 29.7 Å². The van der Waals surface area contributed by atoms with Crippen molar-refractivity contribution < 1.29 is 8.42 Å². The van der Waals surface area contributed by atoms with E-state index in [4.69, 9.17) is 0 Å². The van der Waals surface area contributed by atoms with E-state index in [0.717, 1.165) is 23.5 Å². The summed E-state index contributed by atoms with van der Waals surface area (Å²) in [4.78, 5) is 4.44. The lowest BCUT2D eigenvalue weighted by molar-refractivity contribution is 0.569. The molecule has 0 N–H and O–H groups in total. The molecule has 6 heteroatoms. The van der Waals surface area contributed by atoms with Crippen LogP contribution >= 0.6 is 0 Å². The maximum atomic E-state index is 11.4. The average molecular weight is 265 g/mol. The number of sulfone groups is 1. The number of nitrogens with zero attached hydrogens (tertiary/aromatic N) is 3. The Kier molecular flexibility index (Phi) is 2.62. The molecule has 5 nitrogen and oxygen atoms in total. The van der Waals surface area contributed by atoms with Crippen LogP contribution in [0.15, 0.2) is 18.3 Å². The third-order valence-corrected chi connectivity index (χ3v) is 5.17. The molecule has 1 aliphatic heterocycles. The molecule has 0 aliphatic carbocycles. The number of pyridine rings is 1. The van der Waals surface area contributed by atoms with Gasteiger partial charge in [0, 0.05) is 12.6 Å². The number of aryl methyl sites for hydroxylation is 1. The Morgan fingerprint density at radius 3 is 3.06 bits per heavy atom. The van der Waals surface area contributed by atoms with Gasteiger partial charge in [-0.05, 0) is 37.0 Å². The van der Waals surface area contributed by atoms with E-state index in [-0.39, 0.29) is 11.7 Å². The van der Waals surface area contributed by atoms with Gasteiger partial charge in [0.1, 0.15) is 0 Å². The summed E-state index contributed by atoms with van der Waals surface area (Å²) >= 11 is 0. The van der Waals surface area contributed by atoms with Crippen LogP contribution in [0.5, 0.6) is 0 Å². The minimum absolute atomic E-state index is 0.175. The van der Waals surface area contributed by atoms with Crippen LogP contribution in [-0.2, 0) is 16.3 Å². The predicted molar refractivity (Wildman–Crippen MR) is 68.2 cm³/mol. The number of aromatic nitrogens is 3. The fourth-order valence-electron chi connectivity index (χ4n) is 2.41. The summed E-state index contributed by atoms with van der Waals surface area (Å²) < 4.78 is 24.5. The molecule has 3 rings (SSSR count). The fraction of sp³-hybridized carbons (Fsp3) is 0.500. The van der Waals surface area contributed by atoms with Crippen LogP contribution in [-0.4, -0.2) is 34.5 Å². The van der Waals surface area contributed by atoms with Gasteiger partial charge in [0.25, 0.3) is 0 Å². The van der Waals surface area contributed by atoms with Crippen molar-refractivity contribution in [2.24, 2.45) is 5.92 Å². The first-order chi connectivity index (χ1) is 8.52. The molecule has 1 atom stereocenters. The molecular weight excluding hydrogens is 250 g/mol. The molecular formula is C12H15N3O2S. The van der Waals surface area contributed by atoms with Gasteiger partial charge in [0.2, 0.25) is 0 Å². The van der Waals surface area contributed by atoms with Gasteiger partial charge < -0.3 is 0 Å². The monoisotopic (exact) mass is 265 g/mol. The number of hydrogen-bond donors (Lipinski definition) is 0. The lowest BCUT2D eigenvalue weighted by atomic mass is 10.1. The number of fused-ring (bicyclic) bond motifs is 1. The lowest BCUT2D eigenvalue weighted by Crippen LogP contribution is -2.08. The van der Waals surface area contributed by atoms with Crippen molar-refractivity contribution in [2.45, 2.75) is 19.8 Å². The zero-order valence-corrected chi connectivity index (χ0v) is 11.0. The molecule has 1 unspecified atom stereocenters. The molecule has 2 aromatic heterocycles. The van der Waals surface area contributed by atoms with Crippen molar-refractivity contribution in [1.29, 1.82) is 0 Å². The molecule has 18 heavy (non-hydrogen) atoms. The number of rotatable bonds is 2. The smallest absolute Gasteiger partial charge is 0.155 e. The lowest BCUT2D eigenvalue weighted by Gasteiger charge is -2.01. The molecule has 0 radical (unpaired) electrons. The standard InChI is InChI=1S/C12H15N3O2S/c1-9-2-4-15-12(6-9)13-11(14-15)7-10-3-5-18(16,17)8-10/h2,4,6,10H,3,5,7-8H2,1H3. The van der Waals surface area contributed by atoms with E-state index in [0.29, 0.717) is 12.2 Å². The Morgan fingerprint density at radius 2 is 2.33 bits per heavy atom. The quantitative estimate of drug-likeness (QED) is 0.813. The van der Waals surface area contributed by atoms with Crippen LogP contribution in [0, 0.1) is 12.8 Å². The van der Waals surface area contributed by atoms with Gasteiger partial charge in [-0.15, -0.1) is 0 Å². The van der Waals surface area contributed by atoms with Gasteiger partial charge in [-0.25, -0.2) is 17.9 Å². The molecule has 1 fully saturated rings. The predicted octanol–water partition coefficient (Wildman–Crippen LogP) is 1.01. The van der Waals surface area contributed by atoms with Crippen LogP contribution in [0.4, 0.5) is 0 Å². The number of hydrogen-bond acceptors (Lipinski definition) is 4. The minimum atomic E-state index is -2.81. The normalized spacial score (nSPS) is 22.6. The second-order valence-electron chi connectivity index (χ2n) is 5.01. The molecule has 2 aromatic rings. The maximum absolute atomic E-state index is 11.4. The van der Waals surface area contributed by atoms with Crippen LogP contribution in [0.25, 0.3) is 5.65 Å². The van der Waals surface area contributed by atoms with E-state index in [2.05, 4.69) is 10.1 Å². The van der Waals surface area contributed by atoms with Crippen molar-refractivity contribution in [1.82, 2.24) is 14.6 Å². The van der Waals surface area contributed by atoms with Gasteiger partial charge in [-0.1, -0.05) is 0 Å². The Bertz CT molecular complexity index is 690. The molecule has 3 heterocycles. The minimum Gasteiger partial charge on any atom is -0.229 e. The van der Waals surface area contributed by atoms with Crippen molar-refractivity contribution in [2.75, 3.05) is 11.5 Å². The topological polar surface area (TPSA) is 64.3 Å². The van der Waals surface area contributed by atoms with Crippen molar-refractivity contribution >= 4 is 15.5 Å². The first-order valence-electron chi connectivity index (χ1n) is 6.04. The van der Waals surface area contributed by atoms with Gasteiger partial charge in [-0.2, -0.15) is 5.10 Å². The molecule has 0 aromatic carbocycles. The van der Waals surface area contributed by atoms with Crippen molar-refractivity contribution in [3.63, 3.8) is 0 Å². The third-order valence-electron chi connectivity index (χ3n) is 3.33. The molecule has 0 saturated carbocycles. The Morgan fingerprint density at radius 1 is 1.50 bits per heavy atom.